The Bertz CT molecular complexity index is 1080. The van der Waals surface area contributed by atoms with Crippen LogP contribution in [0.4, 0.5) is 4.79 Å². The summed E-state index contributed by atoms with van der Waals surface area (Å²) in [5.41, 5.74) is -0.568. The number of ether oxygens (including phenoxy) is 3. The van der Waals surface area contributed by atoms with Gasteiger partial charge in [-0.05, 0) is 79.6 Å². The second kappa shape index (κ2) is 9.47. The molecule has 0 aromatic heterocycles. The minimum absolute atomic E-state index is 0.0411. The van der Waals surface area contributed by atoms with Gasteiger partial charge in [0.15, 0.2) is 0 Å². The van der Waals surface area contributed by atoms with Gasteiger partial charge in [-0.25, -0.2) is 9.59 Å². The van der Waals surface area contributed by atoms with Gasteiger partial charge in [0.1, 0.15) is 12.7 Å². The number of esters is 2. The van der Waals surface area contributed by atoms with Crippen LogP contribution in [-0.2, 0) is 23.8 Å². The largest absolute Gasteiger partial charge is 0.465 e. The molecule has 0 bridgehead atoms. The van der Waals surface area contributed by atoms with Crippen LogP contribution in [0.2, 0.25) is 0 Å². The van der Waals surface area contributed by atoms with E-state index in [1.54, 1.807) is 6.08 Å². The van der Waals surface area contributed by atoms with Crippen molar-refractivity contribution in [2.75, 3.05) is 26.3 Å². The molecule has 4 aliphatic carbocycles. The first-order valence-electron chi connectivity index (χ1n) is 14.8. The third kappa shape index (κ3) is 4.13. The standard InChI is InChI=1S/C30H43NO8/c1-17(32)39-23-14-30(36)22-5-4-20-12-18(24-15-31(27(34)35)10-11-37-24)6-8-28(20,2)21(22)7-9-29(30,3)26(23)19-13-25(33)38-16-19/h13,18,20-24,26,36H,4-12,14-16H2,1-3H3,(H,34,35)/t18-,20+,21-,22+,23-,24?,26-,28-,29+,30-/m0/s1. The highest BCUT2D eigenvalue weighted by molar-refractivity contribution is 5.85. The van der Waals surface area contributed by atoms with E-state index in [-0.39, 0.29) is 41.9 Å². The lowest BCUT2D eigenvalue weighted by Crippen LogP contribution is -2.62. The molecule has 1 unspecified atom stereocenters. The number of hydrogen-bond acceptors (Lipinski definition) is 7. The molecule has 5 fully saturated rings. The van der Waals surface area contributed by atoms with Crippen molar-refractivity contribution in [3.05, 3.63) is 11.6 Å². The molecule has 6 aliphatic rings. The van der Waals surface area contributed by atoms with Crippen molar-refractivity contribution in [1.29, 1.82) is 0 Å². The number of carbonyl (C=O) groups is 3. The van der Waals surface area contributed by atoms with E-state index >= 15 is 0 Å². The number of cyclic esters (lactones) is 1. The zero-order valence-electron chi connectivity index (χ0n) is 23.4. The van der Waals surface area contributed by atoms with Crippen LogP contribution in [0.3, 0.4) is 0 Å². The van der Waals surface area contributed by atoms with Crippen molar-refractivity contribution in [3.63, 3.8) is 0 Å². The maximum absolute atomic E-state index is 12.7. The molecule has 2 heterocycles. The van der Waals surface area contributed by atoms with E-state index in [0.717, 1.165) is 50.5 Å². The third-order valence-electron chi connectivity index (χ3n) is 12.2. The molecule has 1 saturated heterocycles. The number of hydrogen-bond donors (Lipinski definition) is 2. The van der Waals surface area contributed by atoms with E-state index in [2.05, 4.69) is 13.8 Å². The molecule has 6 rings (SSSR count). The summed E-state index contributed by atoms with van der Waals surface area (Å²) in [5.74, 6) is 0.375. The Morgan fingerprint density at radius 3 is 2.62 bits per heavy atom. The van der Waals surface area contributed by atoms with E-state index in [0.29, 0.717) is 43.9 Å². The number of amides is 1. The molecule has 10 atom stereocenters. The van der Waals surface area contributed by atoms with Crippen LogP contribution in [0.1, 0.15) is 72.1 Å². The number of morpholine rings is 1. The van der Waals surface area contributed by atoms with Crippen LogP contribution in [0.25, 0.3) is 0 Å². The molecular formula is C30H43NO8. The summed E-state index contributed by atoms with van der Waals surface area (Å²) in [6.07, 6.45) is 7.41. The van der Waals surface area contributed by atoms with Crippen LogP contribution in [0.5, 0.6) is 0 Å². The van der Waals surface area contributed by atoms with Crippen LogP contribution in [0, 0.1) is 40.4 Å². The van der Waals surface area contributed by atoms with Crippen LogP contribution in [0.15, 0.2) is 11.6 Å². The molecular weight excluding hydrogens is 502 g/mol. The highest BCUT2D eigenvalue weighted by Crippen LogP contribution is 2.70. The monoisotopic (exact) mass is 545 g/mol. The van der Waals surface area contributed by atoms with Crippen molar-refractivity contribution in [2.45, 2.75) is 89.9 Å². The number of carbonyl (C=O) groups excluding carboxylic acids is 2. The number of rotatable bonds is 3. The van der Waals surface area contributed by atoms with Gasteiger partial charge < -0.3 is 29.3 Å². The van der Waals surface area contributed by atoms with Crippen molar-refractivity contribution in [3.8, 4) is 0 Å². The second-order valence-corrected chi connectivity index (χ2v) is 13.7. The van der Waals surface area contributed by atoms with Gasteiger partial charge in [-0.3, -0.25) is 4.79 Å². The summed E-state index contributed by atoms with van der Waals surface area (Å²) in [6, 6.07) is 0. The first-order valence-corrected chi connectivity index (χ1v) is 14.8. The molecule has 9 nitrogen and oxygen atoms in total. The van der Waals surface area contributed by atoms with Gasteiger partial charge >= 0.3 is 18.0 Å². The van der Waals surface area contributed by atoms with Gasteiger partial charge in [0, 0.05) is 37.3 Å². The first-order chi connectivity index (χ1) is 18.5. The minimum Gasteiger partial charge on any atom is -0.465 e. The molecule has 4 saturated carbocycles. The fourth-order valence-electron chi connectivity index (χ4n) is 10.3. The topological polar surface area (TPSA) is 123 Å². The molecule has 2 aliphatic heterocycles. The molecule has 0 spiro atoms. The van der Waals surface area contributed by atoms with Crippen LogP contribution >= 0.6 is 0 Å². The molecule has 1 amide bonds. The molecule has 9 heteroatoms. The SMILES string of the molecule is CC(=O)O[C@H]1C[C@]2(O)[C@@H]3CC[C@@H]4C[C@@H](C5CN(C(=O)O)CCO5)CC[C@]4(C)[C@H]3CC[C@]2(C)[C@H]1C1=CC(=O)OC1. The Morgan fingerprint density at radius 1 is 1.13 bits per heavy atom. The minimum atomic E-state index is -0.994. The average molecular weight is 546 g/mol. The van der Waals surface area contributed by atoms with E-state index in [4.69, 9.17) is 14.2 Å². The summed E-state index contributed by atoms with van der Waals surface area (Å²) < 4.78 is 17.2. The van der Waals surface area contributed by atoms with E-state index in [1.807, 2.05) is 0 Å². The lowest BCUT2D eigenvalue weighted by molar-refractivity contribution is -0.209. The Hall–Kier alpha value is -2.13. The summed E-state index contributed by atoms with van der Waals surface area (Å²) >= 11 is 0. The molecule has 216 valence electrons. The lowest BCUT2D eigenvalue weighted by atomic mass is 9.42. The van der Waals surface area contributed by atoms with Gasteiger partial charge in [-0.1, -0.05) is 13.8 Å². The van der Waals surface area contributed by atoms with Crippen molar-refractivity contribution >= 4 is 18.0 Å². The highest BCUT2D eigenvalue weighted by Gasteiger charge is 2.71. The third-order valence-corrected chi connectivity index (χ3v) is 12.2. The maximum atomic E-state index is 12.7. The fraction of sp³-hybridized carbons (Fsp3) is 0.833. The molecule has 2 N–H and O–H groups in total. The quantitative estimate of drug-likeness (QED) is 0.514. The maximum Gasteiger partial charge on any atom is 0.407 e. The van der Waals surface area contributed by atoms with Gasteiger partial charge in [0.25, 0.3) is 0 Å². The summed E-state index contributed by atoms with van der Waals surface area (Å²) in [4.78, 5) is 37.2. The number of carboxylic acid groups (broad SMARTS) is 1. The zero-order valence-corrected chi connectivity index (χ0v) is 23.4. The zero-order chi connectivity index (χ0) is 27.7. The predicted octanol–water partition coefficient (Wildman–Crippen LogP) is 3.78. The Labute approximate surface area is 230 Å². The smallest absolute Gasteiger partial charge is 0.407 e. The molecule has 0 aromatic carbocycles. The molecule has 0 aromatic rings. The highest BCUT2D eigenvalue weighted by atomic mass is 16.5. The van der Waals surface area contributed by atoms with Crippen molar-refractivity contribution in [2.24, 2.45) is 40.4 Å². The number of fused-ring (bicyclic) bond motifs is 5. The first kappa shape index (κ1) is 27.1. The van der Waals surface area contributed by atoms with E-state index < -0.39 is 23.2 Å². The van der Waals surface area contributed by atoms with Crippen molar-refractivity contribution in [1.82, 2.24) is 4.90 Å². The Kier molecular flexibility index (Phi) is 6.57. The Balaban J connectivity index is 1.24. The van der Waals surface area contributed by atoms with Crippen LogP contribution in [-0.4, -0.2) is 77.3 Å². The number of aliphatic hydroxyl groups is 1. The number of nitrogens with zero attached hydrogens (tertiary/aromatic N) is 1. The average Bonchev–Trinajstić information content (AvgIpc) is 3.40. The van der Waals surface area contributed by atoms with E-state index in [1.165, 1.54) is 11.8 Å². The molecule has 0 radical (unpaired) electrons. The van der Waals surface area contributed by atoms with Gasteiger partial charge in [-0.15, -0.1) is 0 Å². The van der Waals surface area contributed by atoms with Crippen LogP contribution < -0.4 is 0 Å². The van der Waals surface area contributed by atoms with Gasteiger partial charge in [0.2, 0.25) is 0 Å². The summed E-state index contributed by atoms with van der Waals surface area (Å²) in [7, 11) is 0. The van der Waals surface area contributed by atoms with Gasteiger partial charge in [-0.2, -0.15) is 0 Å². The predicted molar refractivity (Wildman–Crippen MR) is 139 cm³/mol. The van der Waals surface area contributed by atoms with Gasteiger partial charge in [0.05, 0.1) is 24.9 Å². The summed E-state index contributed by atoms with van der Waals surface area (Å²) in [6.45, 7) is 7.52. The Morgan fingerprint density at radius 2 is 1.92 bits per heavy atom. The second-order valence-electron chi connectivity index (χ2n) is 13.7. The lowest BCUT2D eigenvalue weighted by Gasteiger charge is -2.64. The van der Waals surface area contributed by atoms with Crippen molar-refractivity contribution < 1.29 is 38.8 Å². The van der Waals surface area contributed by atoms with E-state index in [9.17, 15) is 24.6 Å². The molecule has 39 heavy (non-hydrogen) atoms. The summed E-state index contributed by atoms with van der Waals surface area (Å²) in [5, 5.41) is 22.2. The fourth-order valence-corrected chi connectivity index (χ4v) is 10.3. The normalized spacial score (nSPS) is 47.4.